The first-order valence-corrected chi connectivity index (χ1v) is 9.99. The molecule has 1 saturated carbocycles. The molecule has 4 aromatic heterocycles. The number of hydrogen-bond acceptors (Lipinski definition) is 7. The summed E-state index contributed by atoms with van der Waals surface area (Å²) in [7, 11) is 3.09. The second-order valence-electron chi connectivity index (χ2n) is 7.55. The van der Waals surface area contributed by atoms with Crippen molar-refractivity contribution in [2.24, 2.45) is 0 Å². The maximum atomic E-state index is 5.46. The van der Waals surface area contributed by atoms with Crippen LogP contribution in [0.1, 0.15) is 29.6 Å². The maximum absolute atomic E-state index is 5.46. The van der Waals surface area contributed by atoms with Crippen LogP contribution in [0.2, 0.25) is 0 Å². The van der Waals surface area contributed by atoms with Crippen molar-refractivity contribution in [3.05, 3.63) is 60.3 Å². The molecule has 9 heteroatoms. The predicted molar refractivity (Wildman–Crippen MR) is 113 cm³/mol. The standard InChI is InChI=1S/C22H19N7O2/c1-30-21-15(11-24-22(27-21)31-2)18-10-14(20-23-7-8-29(20)28-18)12-9-13(12)19-25-16-5-3-4-6-17(16)26-19/h3-8,10-13H,9H2,1-2H3,(H,25,26)/t12-,13-/m0/s1. The number of para-hydroxylation sites is 2. The van der Waals surface area contributed by atoms with Crippen molar-refractivity contribution >= 4 is 16.7 Å². The third-order valence-corrected chi connectivity index (χ3v) is 5.72. The van der Waals surface area contributed by atoms with Gasteiger partial charge in [-0.15, -0.1) is 0 Å². The zero-order valence-corrected chi connectivity index (χ0v) is 17.0. The number of benzene rings is 1. The number of fused-ring (bicyclic) bond motifs is 2. The van der Waals surface area contributed by atoms with Crippen LogP contribution >= 0.6 is 0 Å². The minimum Gasteiger partial charge on any atom is -0.480 e. The Bertz CT molecular complexity index is 1390. The lowest BCUT2D eigenvalue weighted by molar-refractivity contribution is 0.353. The number of ether oxygens (including phenoxy) is 2. The molecule has 6 rings (SSSR count). The van der Waals surface area contributed by atoms with Gasteiger partial charge in [-0.1, -0.05) is 12.1 Å². The summed E-state index contributed by atoms with van der Waals surface area (Å²) in [5, 5.41) is 4.70. The van der Waals surface area contributed by atoms with Gasteiger partial charge in [-0.2, -0.15) is 10.1 Å². The number of H-pyrrole nitrogens is 1. The average molecular weight is 413 g/mol. The molecule has 0 aliphatic heterocycles. The molecule has 0 saturated heterocycles. The number of aromatic nitrogens is 7. The quantitative estimate of drug-likeness (QED) is 0.471. The molecule has 1 N–H and O–H groups in total. The topological polar surface area (TPSA) is 103 Å². The highest BCUT2D eigenvalue weighted by Crippen LogP contribution is 2.55. The van der Waals surface area contributed by atoms with Gasteiger partial charge in [0.05, 0.1) is 36.5 Å². The van der Waals surface area contributed by atoms with E-state index in [4.69, 9.17) is 19.6 Å². The molecule has 1 aliphatic carbocycles. The monoisotopic (exact) mass is 413 g/mol. The van der Waals surface area contributed by atoms with Gasteiger partial charge in [-0.3, -0.25) is 0 Å². The van der Waals surface area contributed by atoms with Crippen molar-refractivity contribution in [1.82, 2.24) is 34.5 Å². The molecule has 4 heterocycles. The number of imidazole rings is 2. The van der Waals surface area contributed by atoms with E-state index in [1.807, 2.05) is 24.4 Å². The summed E-state index contributed by atoms with van der Waals surface area (Å²) >= 11 is 0. The molecular formula is C22H19N7O2. The van der Waals surface area contributed by atoms with Crippen LogP contribution < -0.4 is 9.47 Å². The second-order valence-corrected chi connectivity index (χ2v) is 7.55. The Morgan fingerprint density at radius 3 is 2.81 bits per heavy atom. The van der Waals surface area contributed by atoms with Gasteiger partial charge in [0.25, 0.3) is 0 Å². The minimum absolute atomic E-state index is 0.247. The van der Waals surface area contributed by atoms with E-state index < -0.39 is 0 Å². The lowest BCUT2D eigenvalue weighted by Gasteiger charge is -2.10. The molecule has 154 valence electrons. The summed E-state index contributed by atoms with van der Waals surface area (Å²) in [6.07, 6.45) is 6.28. The number of rotatable bonds is 5. The first-order valence-electron chi connectivity index (χ1n) is 9.99. The number of hydrogen-bond donors (Lipinski definition) is 1. The zero-order valence-electron chi connectivity index (χ0n) is 17.0. The van der Waals surface area contributed by atoms with Crippen LogP contribution in [0.3, 0.4) is 0 Å². The minimum atomic E-state index is 0.247. The fourth-order valence-electron chi connectivity index (χ4n) is 4.12. The zero-order chi connectivity index (χ0) is 20.9. The predicted octanol–water partition coefficient (Wildman–Crippen LogP) is 3.35. The van der Waals surface area contributed by atoms with Crippen molar-refractivity contribution in [2.45, 2.75) is 18.3 Å². The van der Waals surface area contributed by atoms with E-state index >= 15 is 0 Å². The molecule has 2 atom stereocenters. The average Bonchev–Trinajstić information content (AvgIpc) is 3.25. The Balaban J connectivity index is 1.42. The van der Waals surface area contributed by atoms with E-state index in [0.29, 0.717) is 23.3 Å². The van der Waals surface area contributed by atoms with Crippen molar-refractivity contribution in [3.8, 4) is 23.1 Å². The van der Waals surface area contributed by atoms with Gasteiger partial charge < -0.3 is 14.5 Å². The molecule has 1 aliphatic rings. The molecule has 0 bridgehead atoms. The molecule has 9 nitrogen and oxygen atoms in total. The van der Waals surface area contributed by atoms with Crippen molar-refractivity contribution in [1.29, 1.82) is 0 Å². The normalized spacial score (nSPS) is 17.9. The Morgan fingerprint density at radius 2 is 1.97 bits per heavy atom. The SMILES string of the molecule is COc1ncc(-c2cc([C@H]3C[C@@H]3c3nc4ccccc4[nH]3)c3nccn3n2)c(OC)n1. The summed E-state index contributed by atoms with van der Waals surface area (Å²) < 4.78 is 12.4. The van der Waals surface area contributed by atoms with E-state index in [-0.39, 0.29) is 6.01 Å². The van der Waals surface area contributed by atoms with Crippen molar-refractivity contribution in [3.63, 3.8) is 0 Å². The third-order valence-electron chi connectivity index (χ3n) is 5.72. The fraction of sp³-hybridized carbons (Fsp3) is 0.227. The third kappa shape index (κ3) is 2.89. The maximum Gasteiger partial charge on any atom is 0.319 e. The van der Waals surface area contributed by atoms with Gasteiger partial charge in [0.2, 0.25) is 5.88 Å². The Kier molecular flexibility index (Phi) is 3.89. The van der Waals surface area contributed by atoms with Crippen LogP contribution in [0, 0.1) is 0 Å². The smallest absolute Gasteiger partial charge is 0.319 e. The van der Waals surface area contributed by atoms with Crippen molar-refractivity contribution < 1.29 is 9.47 Å². The highest BCUT2D eigenvalue weighted by molar-refractivity contribution is 5.75. The Labute approximate surface area is 177 Å². The van der Waals surface area contributed by atoms with Crippen LogP contribution in [0.25, 0.3) is 27.9 Å². The summed E-state index contributed by atoms with van der Waals surface area (Å²) in [4.78, 5) is 21.3. The van der Waals surface area contributed by atoms with Gasteiger partial charge in [0.15, 0.2) is 5.65 Å². The van der Waals surface area contributed by atoms with Gasteiger partial charge in [0.1, 0.15) is 5.82 Å². The fourth-order valence-corrected chi connectivity index (χ4v) is 4.12. The summed E-state index contributed by atoms with van der Waals surface area (Å²) in [5.41, 5.74) is 5.43. The molecule has 0 spiro atoms. The highest BCUT2D eigenvalue weighted by Gasteiger charge is 2.43. The van der Waals surface area contributed by atoms with E-state index in [9.17, 15) is 0 Å². The Hall–Kier alpha value is -4.01. The van der Waals surface area contributed by atoms with E-state index in [1.165, 1.54) is 7.11 Å². The summed E-state index contributed by atoms with van der Waals surface area (Å²) in [5.74, 6) is 2.04. The van der Waals surface area contributed by atoms with Crippen LogP contribution in [0.4, 0.5) is 0 Å². The van der Waals surface area contributed by atoms with E-state index in [0.717, 1.165) is 40.2 Å². The first kappa shape index (κ1) is 17.8. The second kappa shape index (κ2) is 6.76. The van der Waals surface area contributed by atoms with Crippen LogP contribution in [-0.2, 0) is 0 Å². The molecule has 31 heavy (non-hydrogen) atoms. The van der Waals surface area contributed by atoms with E-state index in [2.05, 4.69) is 32.1 Å². The van der Waals surface area contributed by atoms with Crippen molar-refractivity contribution in [2.75, 3.05) is 14.2 Å². The lowest BCUT2D eigenvalue weighted by atomic mass is 10.1. The number of nitrogens with one attached hydrogen (secondary N) is 1. The van der Waals surface area contributed by atoms with Crippen LogP contribution in [0.5, 0.6) is 11.9 Å². The van der Waals surface area contributed by atoms with Gasteiger partial charge in [-0.05, 0) is 30.5 Å². The van der Waals surface area contributed by atoms with Crippen LogP contribution in [-0.4, -0.2) is 48.8 Å². The molecule has 0 radical (unpaired) electrons. The number of nitrogens with zero attached hydrogens (tertiary/aromatic N) is 6. The molecule has 1 fully saturated rings. The lowest BCUT2D eigenvalue weighted by Crippen LogP contribution is -2.02. The summed E-state index contributed by atoms with van der Waals surface area (Å²) in [6.45, 7) is 0. The molecule has 1 aromatic carbocycles. The Morgan fingerprint density at radius 1 is 1.06 bits per heavy atom. The van der Waals surface area contributed by atoms with Gasteiger partial charge in [0, 0.05) is 30.1 Å². The molecule has 0 unspecified atom stereocenters. The number of methoxy groups -OCH3 is 2. The van der Waals surface area contributed by atoms with Gasteiger partial charge in [-0.25, -0.2) is 19.5 Å². The van der Waals surface area contributed by atoms with E-state index in [1.54, 1.807) is 24.0 Å². The number of aromatic amines is 1. The van der Waals surface area contributed by atoms with Gasteiger partial charge >= 0.3 is 6.01 Å². The largest absolute Gasteiger partial charge is 0.480 e. The first-order chi connectivity index (χ1) is 15.2. The molecular weight excluding hydrogens is 394 g/mol. The molecule has 5 aromatic rings. The highest BCUT2D eigenvalue weighted by atomic mass is 16.5. The molecule has 0 amide bonds. The van der Waals surface area contributed by atoms with Crippen LogP contribution in [0.15, 0.2) is 48.9 Å². The summed E-state index contributed by atoms with van der Waals surface area (Å²) in [6, 6.07) is 10.4.